The molecule has 22 heavy (non-hydrogen) atoms. The van der Waals surface area contributed by atoms with Crippen molar-refractivity contribution in [2.45, 2.75) is 13.5 Å². The summed E-state index contributed by atoms with van der Waals surface area (Å²) in [5, 5.41) is 4.77. The third-order valence-corrected chi connectivity index (χ3v) is 4.19. The number of halogens is 2. The van der Waals surface area contributed by atoms with Gasteiger partial charge >= 0.3 is 0 Å². The molecule has 0 aliphatic carbocycles. The minimum absolute atomic E-state index is 0.273. The maximum absolute atomic E-state index is 12.3. The van der Waals surface area contributed by atoms with Crippen molar-refractivity contribution in [2.75, 3.05) is 0 Å². The van der Waals surface area contributed by atoms with Gasteiger partial charge in [0.1, 0.15) is 0 Å². The van der Waals surface area contributed by atoms with Crippen molar-refractivity contribution < 1.29 is 9.21 Å². The molecule has 5 heteroatoms. The number of para-hydroxylation sites is 1. The van der Waals surface area contributed by atoms with Gasteiger partial charge in [-0.05, 0) is 24.6 Å². The first-order valence-corrected chi connectivity index (χ1v) is 7.52. The van der Waals surface area contributed by atoms with Crippen LogP contribution in [-0.2, 0) is 6.54 Å². The lowest BCUT2D eigenvalue weighted by molar-refractivity contribution is 0.0924. The van der Waals surface area contributed by atoms with Crippen molar-refractivity contribution >= 4 is 40.1 Å². The zero-order valence-corrected chi connectivity index (χ0v) is 13.3. The van der Waals surface area contributed by atoms with Crippen LogP contribution in [0.25, 0.3) is 11.0 Å². The standard InChI is InChI=1S/C17H13Cl2NO2/c1-10-12-6-4-8-14(19)16(12)22-15(10)17(21)20-9-11-5-2-3-7-13(11)18/h2-8H,9H2,1H3,(H,20,21). The van der Waals surface area contributed by atoms with Crippen LogP contribution in [0.15, 0.2) is 46.9 Å². The maximum atomic E-state index is 12.3. The highest BCUT2D eigenvalue weighted by molar-refractivity contribution is 6.35. The third kappa shape index (κ3) is 2.70. The molecule has 112 valence electrons. The molecular weight excluding hydrogens is 321 g/mol. The minimum Gasteiger partial charge on any atom is -0.449 e. The van der Waals surface area contributed by atoms with E-state index in [2.05, 4.69) is 5.32 Å². The van der Waals surface area contributed by atoms with Gasteiger partial charge in [0.25, 0.3) is 5.91 Å². The number of aryl methyl sites for hydroxylation is 1. The number of rotatable bonds is 3. The summed E-state index contributed by atoms with van der Waals surface area (Å²) in [5.74, 6) is -0.0140. The van der Waals surface area contributed by atoms with Crippen LogP contribution in [0.2, 0.25) is 10.0 Å². The van der Waals surface area contributed by atoms with E-state index in [0.717, 1.165) is 16.5 Å². The molecule has 0 bridgehead atoms. The number of furan rings is 1. The monoisotopic (exact) mass is 333 g/mol. The summed E-state index contributed by atoms with van der Waals surface area (Å²) in [6.07, 6.45) is 0. The van der Waals surface area contributed by atoms with Crippen LogP contribution in [0.1, 0.15) is 21.7 Å². The van der Waals surface area contributed by atoms with Crippen molar-refractivity contribution in [3.8, 4) is 0 Å². The van der Waals surface area contributed by atoms with Gasteiger partial charge in [-0.25, -0.2) is 0 Å². The zero-order chi connectivity index (χ0) is 15.7. The van der Waals surface area contributed by atoms with E-state index in [0.29, 0.717) is 22.2 Å². The number of amides is 1. The average Bonchev–Trinajstić information content (AvgIpc) is 2.85. The summed E-state index contributed by atoms with van der Waals surface area (Å²) in [6.45, 7) is 2.18. The topological polar surface area (TPSA) is 42.2 Å². The molecular formula is C17H13Cl2NO2. The summed E-state index contributed by atoms with van der Waals surface area (Å²) in [5.41, 5.74) is 2.16. The van der Waals surface area contributed by atoms with Crippen molar-refractivity contribution in [1.82, 2.24) is 5.32 Å². The van der Waals surface area contributed by atoms with Crippen molar-refractivity contribution in [2.24, 2.45) is 0 Å². The Labute approximate surface area is 137 Å². The zero-order valence-electron chi connectivity index (χ0n) is 11.8. The molecule has 2 aromatic carbocycles. The Bertz CT molecular complexity index is 855. The van der Waals surface area contributed by atoms with Crippen molar-refractivity contribution in [3.05, 3.63) is 69.4 Å². The van der Waals surface area contributed by atoms with Crippen molar-refractivity contribution in [1.29, 1.82) is 0 Å². The molecule has 0 spiro atoms. The van der Waals surface area contributed by atoms with Gasteiger partial charge in [0.15, 0.2) is 11.3 Å². The molecule has 1 aromatic heterocycles. The second-order valence-corrected chi connectivity index (χ2v) is 5.76. The van der Waals surface area contributed by atoms with Gasteiger partial charge in [0.05, 0.1) is 5.02 Å². The van der Waals surface area contributed by atoms with Gasteiger partial charge in [-0.3, -0.25) is 4.79 Å². The molecule has 3 rings (SSSR count). The lowest BCUT2D eigenvalue weighted by atomic mass is 10.1. The fraction of sp³-hybridized carbons (Fsp3) is 0.118. The second kappa shape index (κ2) is 6.03. The Balaban J connectivity index is 1.85. The van der Waals surface area contributed by atoms with Crippen LogP contribution >= 0.6 is 23.2 Å². The molecule has 0 saturated heterocycles. The van der Waals surface area contributed by atoms with Gasteiger partial charge in [-0.2, -0.15) is 0 Å². The number of carbonyl (C=O) groups is 1. The van der Waals surface area contributed by atoms with Crippen LogP contribution in [0.3, 0.4) is 0 Å². The second-order valence-electron chi connectivity index (χ2n) is 4.95. The molecule has 3 nitrogen and oxygen atoms in total. The third-order valence-electron chi connectivity index (χ3n) is 3.52. The molecule has 0 radical (unpaired) electrons. The van der Waals surface area contributed by atoms with Crippen LogP contribution in [0.5, 0.6) is 0 Å². The van der Waals surface area contributed by atoms with Gasteiger partial charge in [0, 0.05) is 22.5 Å². The summed E-state index contributed by atoms with van der Waals surface area (Å²) in [4.78, 5) is 12.3. The highest BCUT2D eigenvalue weighted by atomic mass is 35.5. The Kier molecular flexibility index (Phi) is 4.10. The highest BCUT2D eigenvalue weighted by Gasteiger charge is 2.18. The van der Waals surface area contributed by atoms with E-state index in [1.165, 1.54) is 0 Å². The Hall–Kier alpha value is -1.97. The van der Waals surface area contributed by atoms with Crippen LogP contribution < -0.4 is 5.32 Å². The molecule has 1 heterocycles. The largest absolute Gasteiger partial charge is 0.449 e. The normalized spacial score (nSPS) is 10.9. The quantitative estimate of drug-likeness (QED) is 0.734. The molecule has 1 N–H and O–H groups in total. The fourth-order valence-corrected chi connectivity index (χ4v) is 2.74. The number of benzene rings is 2. The number of hydrogen-bond donors (Lipinski definition) is 1. The Morgan fingerprint density at radius 2 is 1.82 bits per heavy atom. The SMILES string of the molecule is Cc1c(C(=O)NCc2ccccc2Cl)oc2c(Cl)cccc12. The van der Waals surface area contributed by atoms with Gasteiger partial charge < -0.3 is 9.73 Å². The lowest BCUT2D eigenvalue weighted by Gasteiger charge is -2.05. The van der Waals surface area contributed by atoms with Gasteiger partial charge in [-0.15, -0.1) is 0 Å². The lowest BCUT2D eigenvalue weighted by Crippen LogP contribution is -2.23. The number of fused-ring (bicyclic) bond motifs is 1. The highest BCUT2D eigenvalue weighted by Crippen LogP contribution is 2.30. The molecule has 0 fully saturated rings. The van der Waals surface area contributed by atoms with Crippen LogP contribution in [0.4, 0.5) is 0 Å². The predicted molar refractivity (Wildman–Crippen MR) is 88.6 cm³/mol. The molecule has 1 amide bonds. The molecule has 0 atom stereocenters. The van der Waals surface area contributed by atoms with Crippen molar-refractivity contribution in [3.63, 3.8) is 0 Å². The first-order chi connectivity index (χ1) is 10.6. The van der Waals surface area contributed by atoms with Crippen LogP contribution in [-0.4, -0.2) is 5.91 Å². The summed E-state index contributed by atoms with van der Waals surface area (Å²) >= 11 is 12.2. The molecule has 3 aromatic rings. The maximum Gasteiger partial charge on any atom is 0.287 e. The number of hydrogen-bond acceptors (Lipinski definition) is 2. The summed E-state index contributed by atoms with van der Waals surface area (Å²) in [6, 6.07) is 12.8. The smallest absolute Gasteiger partial charge is 0.287 e. The number of nitrogens with one attached hydrogen (secondary N) is 1. The molecule has 0 aliphatic heterocycles. The molecule has 0 aliphatic rings. The van der Waals surface area contributed by atoms with E-state index in [4.69, 9.17) is 27.6 Å². The van der Waals surface area contributed by atoms with Crippen LogP contribution in [0, 0.1) is 6.92 Å². The van der Waals surface area contributed by atoms with E-state index in [9.17, 15) is 4.79 Å². The van der Waals surface area contributed by atoms with E-state index in [-0.39, 0.29) is 11.7 Å². The van der Waals surface area contributed by atoms with Gasteiger partial charge in [-0.1, -0.05) is 53.5 Å². The van der Waals surface area contributed by atoms with E-state index < -0.39 is 0 Å². The van der Waals surface area contributed by atoms with E-state index >= 15 is 0 Å². The Morgan fingerprint density at radius 3 is 2.55 bits per heavy atom. The first kappa shape index (κ1) is 14.9. The average molecular weight is 334 g/mol. The molecule has 0 unspecified atom stereocenters. The minimum atomic E-state index is -0.287. The van der Waals surface area contributed by atoms with E-state index in [1.807, 2.05) is 37.3 Å². The van der Waals surface area contributed by atoms with E-state index in [1.54, 1.807) is 12.1 Å². The predicted octanol–water partition coefficient (Wildman–Crippen LogP) is 4.98. The number of carbonyl (C=O) groups excluding carboxylic acids is 1. The first-order valence-electron chi connectivity index (χ1n) is 6.77. The summed E-state index contributed by atoms with van der Waals surface area (Å²) < 4.78 is 5.63. The fourth-order valence-electron chi connectivity index (χ4n) is 2.32. The Morgan fingerprint density at radius 1 is 1.09 bits per heavy atom. The molecule has 0 saturated carbocycles. The summed E-state index contributed by atoms with van der Waals surface area (Å²) in [7, 11) is 0. The van der Waals surface area contributed by atoms with Gasteiger partial charge in [0.2, 0.25) is 0 Å².